The minimum atomic E-state index is -0.253. The van der Waals surface area contributed by atoms with Crippen molar-refractivity contribution in [2.75, 3.05) is 14.2 Å². The average Bonchev–Trinajstić information content (AvgIpc) is 3.07. The number of ether oxygens (including phenoxy) is 2. The van der Waals surface area contributed by atoms with Gasteiger partial charge in [-0.3, -0.25) is 0 Å². The Morgan fingerprint density at radius 2 is 1.84 bits per heavy atom. The van der Waals surface area contributed by atoms with Crippen LogP contribution in [0.1, 0.15) is 21.9 Å². The molecule has 0 saturated carbocycles. The molecule has 1 aromatic carbocycles. The van der Waals surface area contributed by atoms with Gasteiger partial charge in [0, 0.05) is 19.1 Å². The fourth-order valence-electron chi connectivity index (χ4n) is 2.68. The molecule has 0 spiro atoms. The van der Waals surface area contributed by atoms with Crippen LogP contribution in [0.4, 0.5) is 0 Å². The molecule has 2 aromatic rings. The van der Waals surface area contributed by atoms with Crippen LogP contribution in [0, 0.1) is 0 Å². The molecule has 1 aromatic heterocycles. The predicted molar refractivity (Wildman–Crippen MR) is 79.2 cm³/mol. The van der Waals surface area contributed by atoms with Crippen LogP contribution < -0.4 is 0 Å². The lowest BCUT2D eigenvalue weighted by Crippen LogP contribution is -2.22. The number of rotatable bonds is 4. The minimum Gasteiger partial charge on any atom is -0.355 e. The summed E-state index contributed by atoms with van der Waals surface area (Å²) in [5.41, 5.74) is 3.82. The van der Waals surface area contributed by atoms with E-state index in [1.807, 2.05) is 0 Å². The first-order valence-corrected chi connectivity index (χ1v) is 7.13. The quantitative estimate of drug-likeness (QED) is 0.783. The Balaban J connectivity index is 2.09. The molecule has 0 bridgehead atoms. The van der Waals surface area contributed by atoms with Crippen molar-refractivity contribution in [2.24, 2.45) is 0 Å². The van der Waals surface area contributed by atoms with Gasteiger partial charge in [-0.05, 0) is 34.2 Å². The van der Waals surface area contributed by atoms with Gasteiger partial charge in [-0.2, -0.15) is 0 Å². The van der Waals surface area contributed by atoms with Crippen LogP contribution in [0.5, 0.6) is 0 Å². The molecule has 19 heavy (non-hydrogen) atoms. The van der Waals surface area contributed by atoms with Crippen LogP contribution in [-0.4, -0.2) is 20.5 Å². The molecule has 0 fully saturated rings. The topological polar surface area (TPSA) is 18.5 Å². The molecule has 0 aliphatic heterocycles. The van der Waals surface area contributed by atoms with Gasteiger partial charge in [0.2, 0.25) is 0 Å². The normalized spacial score (nSPS) is 17.6. The third-order valence-electron chi connectivity index (χ3n) is 3.52. The largest absolute Gasteiger partial charge is 0.355 e. The van der Waals surface area contributed by atoms with Gasteiger partial charge in [-0.1, -0.05) is 30.3 Å². The fraction of sp³-hybridized carbons (Fsp3) is 0.250. The molecule has 3 rings (SSSR count). The van der Waals surface area contributed by atoms with E-state index in [1.165, 1.54) is 21.6 Å². The third kappa shape index (κ3) is 2.14. The maximum atomic E-state index is 5.51. The maximum absolute atomic E-state index is 5.51. The summed E-state index contributed by atoms with van der Waals surface area (Å²) in [6.07, 6.45) is 1.99. The second-order valence-corrected chi connectivity index (χ2v) is 5.47. The smallest absolute Gasteiger partial charge is 0.167 e. The molecule has 1 aliphatic carbocycles. The van der Waals surface area contributed by atoms with Crippen LogP contribution in [0.25, 0.3) is 11.6 Å². The minimum absolute atomic E-state index is 0.143. The summed E-state index contributed by atoms with van der Waals surface area (Å²) in [5, 5.41) is 2.10. The highest BCUT2D eigenvalue weighted by molar-refractivity contribution is 7.11. The number of thiophene rings is 1. The first kappa shape index (κ1) is 12.6. The van der Waals surface area contributed by atoms with Crippen molar-refractivity contribution in [3.05, 3.63) is 57.8 Å². The Morgan fingerprint density at radius 3 is 2.53 bits per heavy atom. The van der Waals surface area contributed by atoms with Crippen molar-refractivity contribution in [3.8, 4) is 0 Å². The number of benzene rings is 1. The molecule has 1 heterocycles. The highest BCUT2D eigenvalue weighted by Crippen LogP contribution is 2.45. The zero-order valence-corrected chi connectivity index (χ0v) is 11.8. The number of hydrogen-bond donors (Lipinski definition) is 0. The van der Waals surface area contributed by atoms with E-state index in [1.54, 1.807) is 25.6 Å². The van der Waals surface area contributed by atoms with Crippen molar-refractivity contribution in [1.82, 2.24) is 0 Å². The van der Waals surface area contributed by atoms with Crippen LogP contribution in [0.15, 0.2) is 41.8 Å². The molecule has 98 valence electrons. The molecule has 0 amide bonds. The Hall–Kier alpha value is -1.42. The predicted octanol–water partition coefficient (Wildman–Crippen LogP) is 4.00. The maximum Gasteiger partial charge on any atom is 0.167 e. The summed E-state index contributed by atoms with van der Waals surface area (Å²) in [7, 11) is 3.39. The lowest BCUT2D eigenvalue weighted by Gasteiger charge is -2.24. The van der Waals surface area contributed by atoms with Crippen molar-refractivity contribution in [3.63, 3.8) is 0 Å². The zero-order valence-electron chi connectivity index (χ0n) is 11.0. The van der Waals surface area contributed by atoms with Gasteiger partial charge in [-0.25, -0.2) is 0 Å². The Labute approximate surface area is 117 Å². The van der Waals surface area contributed by atoms with E-state index in [0.717, 1.165) is 0 Å². The molecule has 3 heteroatoms. The van der Waals surface area contributed by atoms with Gasteiger partial charge < -0.3 is 9.47 Å². The molecular formula is C16H16O2S. The van der Waals surface area contributed by atoms with Crippen LogP contribution in [0.3, 0.4) is 0 Å². The van der Waals surface area contributed by atoms with E-state index in [2.05, 4.69) is 47.9 Å². The number of hydrogen-bond acceptors (Lipinski definition) is 3. The van der Waals surface area contributed by atoms with Gasteiger partial charge in [0.15, 0.2) is 6.29 Å². The van der Waals surface area contributed by atoms with E-state index in [-0.39, 0.29) is 12.2 Å². The molecule has 0 saturated heterocycles. The summed E-state index contributed by atoms with van der Waals surface area (Å²) in [4.78, 5) is 1.28. The van der Waals surface area contributed by atoms with Crippen molar-refractivity contribution in [2.45, 2.75) is 12.2 Å². The summed E-state index contributed by atoms with van der Waals surface area (Å²) >= 11 is 1.75. The SMILES string of the molecule is COC(OC)C1C(c2cccs2)=Cc2ccccc21. The van der Waals surface area contributed by atoms with E-state index in [0.29, 0.717) is 0 Å². The third-order valence-corrected chi connectivity index (χ3v) is 4.44. The summed E-state index contributed by atoms with van der Waals surface area (Å²) in [5.74, 6) is 0.143. The van der Waals surface area contributed by atoms with E-state index in [9.17, 15) is 0 Å². The molecule has 1 aliphatic rings. The summed E-state index contributed by atoms with van der Waals surface area (Å²) in [6, 6.07) is 12.7. The van der Waals surface area contributed by atoms with Gasteiger partial charge in [-0.15, -0.1) is 11.3 Å². The Morgan fingerprint density at radius 1 is 1.05 bits per heavy atom. The monoisotopic (exact) mass is 272 g/mol. The summed E-state index contributed by atoms with van der Waals surface area (Å²) < 4.78 is 11.0. The zero-order chi connectivity index (χ0) is 13.2. The molecular weight excluding hydrogens is 256 g/mol. The van der Waals surface area contributed by atoms with E-state index < -0.39 is 0 Å². The lowest BCUT2D eigenvalue weighted by molar-refractivity contribution is -0.107. The second-order valence-electron chi connectivity index (χ2n) is 4.52. The van der Waals surface area contributed by atoms with Gasteiger partial charge in [0.1, 0.15) is 0 Å². The Kier molecular flexibility index (Phi) is 3.51. The first-order chi connectivity index (χ1) is 9.35. The highest BCUT2D eigenvalue weighted by atomic mass is 32.1. The van der Waals surface area contributed by atoms with Gasteiger partial charge in [0.05, 0.1) is 5.92 Å². The van der Waals surface area contributed by atoms with Gasteiger partial charge >= 0.3 is 0 Å². The van der Waals surface area contributed by atoms with Crippen molar-refractivity contribution >= 4 is 23.0 Å². The Bertz CT molecular complexity index is 583. The average molecular weight is 272 g/mol. The lowest BCUT2D eigenvalue weighted by atomic mass is 9.94. The van der Waals surface area contributed by atoms with E-state index >= 15 is 0 Å². The first-order valence-electron chi connectivity index (χ1n) is 6.25. The van der Waals surface area contributed by atoms with Crippen LogP contribution in [0.2, 0.25) is 0 Å². The molecule has 1 atom stereocenters. The molecule has 2 nitrogen and oxygen atoms in total. The fourth-order valence-corrected chi connectivity index (χ4v) is 3.46. The van der Waals surface area contributed by atoms with Crippen LogP contribution >= 0.6 is 11.3 Å². The van der Waals surface area contributed by atoms with Crippen molar-refractivity contribution < 1.29 is 9.47 Å². The van der Waals surface area contributed by atoms with Crippen LogP contribution in [-0.2, 0) is 9.47 Å². The van der Waals surface area contributed by atoms with Crippen molar-refractivity contribution in [1.29, 1.82) is 0 Å². The van der Waals surface area contributed by atoms with E-state index in [4.69, 9.17) is 9.47 Å². The molecule has 0 radical (unpaired) electrons. The second kappa shape index (κ2) is 5.29. The number of fused-ring (bicyclic) bond motifs is 1. The molecule has 1 unspecified atom stereocenters. The molecule has 0 N–H and O–H groups in total. The summed E-state index contributed by atoms with van der Waals surface area (Å²) in [6.45, 7) is 0. The van der Waals surface area contributed by atoms with Gasteiger partial charge in [0.25, 0.3) is 0 Å². The highest BCUT2D eigenvalue weighted by Gasteiger charge is 2.33. The standard InChI is InChI=1S/C16H16O2S/c1-17-16(18-2)15-12-7-4-3-6-11(12)10-13(15)14-8-5-9-19-14/h3-10,15-16H,1-2H3. The number of methoxy groups -OCH3 is 2.